The number of aliphatic hydroxyl groups excluding tert-OH is 1. The van der Waals surface area contributed by atoms with E-state index < -0.39 is 0 Å². The molecule has 1 unspecified atom stereocenters. The van der Waals surface area contributed by atoms with Crippen molar-refractivity contribution >= 4 is 5.97 Å². The van der Waals surface area contributed by atoms with Crippen molar-refractivity contribution in [2.75, 3.05) is 47.0 Å². The van der Waals surface area contributed by atoms with E-state index in [9.17, 15) is 9.90 Å². The highest BCUT2D eigenvalue weighted by Crippen LogP contribution is 2.14. The second kappa shape index (κ2) is 13.4. The lowest BCUT2D eigenvalue weighted by Crippen LogP contribution is -3.00. The standard InChI is InChI=1S/C17H34NO4.HI/c1-18(11-13-22-14-12-18)15-16(19)9-7-5-3-4-6-8-10-17(20)21-2;/h16,19H,3-15H2,1-2H3;1H/q+1;/p-1. The number of quaternary nitrogens is 1. The van der Waals surface area contributed by atoms with E-state index in [-0.39, 0.29) is 36.0 Å². The molecule has 0 amide bonds. The van der Waals surface area contributed by atoms with Crippen LogP contribution in [0.3, 0.4) is 0 Å². The molecule has 1 fully saturated rings. The van der Waals surface area contributed by atoms with Crippen LogP contribution in [0.15, 0.2) is 0 Å². The summed E-state index contributed by atoms with van der Waals surface area (Å²) in [6.45, 7) is 4.50. The van der Waals surface area contributed by atoms with E-state index in [1.54, 1.807) is 0 Å². The molecule has 1 rings (SSSR count). The summed E-state index contributed by atoms with van der Waals surface area (Å²) >= 11 is 0. The summed E-state index contributed by atoms with van der Waals surface area (Å²) in [4.78, 5) is 11.0. The number of esters is 1. The normalized spacial score (nSPS) is 18.0. The molecular formula is C17H34INO4. The Morgan fingerprint density at radius 2 is 1.70 bits per heavy atom. The molecule has 0 bridgehead atoms. The molecule has 23 heavy (non-hydrogen) atoms. The Morgan fingerprint density at radius 3 is 2.30 bits per heavy atom. The van der Waals surface area contributed by atoms with Crippen LogP contribution in [0.5, 0.6) is 0 Å². The van der Waals surface area contributed by atoms with E-state index in [0.717, 1.165) is 69.4 Å². The maximum absolute atomic E-state index is 11.0. The van der Waals surface area contributed by atoms with Crippen LogP contribution in [0.4, 0.5) is 0 Å². The van der Waals surface area contributed by atoms with Gasteiger partial charge in [-0.2, -0.15) is 0 Å². The molecule has 1 N–H and O–H groups in total. The van der Waals surface area contributed by atoms with Crippen LogP contribution in [-0.4, -0.2) is 68.7 Å². The predicted octanol–water partition coefficient (Wildman–Crippen LogP) is -0.878. The van der Waals surface area contributed by atoms with Crippen molar-refractivity contribution in [2.24, 2.45) is 0 Å². The van der Waals surface area contributed by atoms with Gasteiger partial charge >= 0.3 is 5.97 Å². The largest absolute Gasteiger partial charge is 1.00 e. The average Bonchev–Trinajstić information content (AvgIpc) is 2.49. The number of carbonyl (C=O) groups is 1. The van der Waals surface area contributed by atoms with Gasteiger partial charge in [-0.1, -0.05) is 32.1 Å². The van der Waals surface area contributed by atoms with Gasteiger partial charge in [0.05, 0.1) is 27.4 Å². The van der Waals surface area contributed by atoms with Crippen molar-refractivity contribution in [3.63, 3.8) is 0 Å². The number of carbonyl (C=O) groups excluding carboxylic acids is 1. The number of hydrogen-bond acceptors (Lipinski definition) is 4. The van der Waals surface area contributed by atoms with Gasteiger partial charge in [0.1, 0.15) is 25.7 Å². The molecule has 5 nitrogen and oxygen atoms in total. The van der Waals surface area contributed by atoms with Gasteiger partial charge in [-0.05, 0) is 12.8 Å². The Hall–Kier alpha value is 0.0800. The van der Waals surface area contributed by atoms with E-state index in [1.165, 1.54) is 20.0 Å². The summed E-state index contributed by atoms with van der Waals surface area (Å²) in [7, 11) is 3.65. The molecule has 1 heterocycles. The molecule has 0 aromatic carbocycles. The Balaban J connectivity index is 0.00000484. The van der Waals surface area contributed by atoms with Gasteiger partial charge in [-0.25, -0.2) is 0 Å². The molecule has 138 valence electrons. The second-order valence-corrected chi connectivity index (χ2v) is 6.75. The van der Waals surface area contributed by atoms with E-state index in [0.29, 0.717) is 6.42 Å². The van der Waals surface area contributed by atoms with E-state index >= 15 is 0 Å². The smallest absolute Gasteiger partial charge is 0.305 e. The number of ether oxygens (including phenoxy) is 2. The van der Waals surface area contributed by atoms with E-state index in [4.69, 9.17) is 4.74 Å². The second-order valence-electron chi connectivity index (χ2n) is 6.75. The summed E-state index contributed by atoms with van der Waals surface area (Å²) in [6, 6.07) is 0. The molecule has 1 aliphatic heterocycles. The first kappa shape index (κ1) is 23.1. The molecule has 6 heteroatoms. The number of likely N-dealkylation sites (N-methyl/N-ethyl adjacent to an activating group) is 1. The third-order valence-corrected chi connectivity index (χ3v) is 4.60. The number of halogens is 1. The molecule has 1 aliphatic rings. The van der Waals surface area contributed by atoms with Crippen LogP contribution in [0.25, 0.3) is 0 Å². The first-order chi connectivity index (χ1) is 10.6. The lowest BCUT2D eigenvalue weighted by atomic mass is 10.1. The maximum Gasteiger partial charge on any atom is 0.305 e. The van der Waals surface area contributed by atoms with Crippen molar-refractivity contribution in [1.29, 1.82) is 0 Å². The maximum atomic E-state index is 11.0. The van der Waals surface area contributed by atoms with Crippen molar-refractivity contribution in [3.8, 4) is 0 Å². The summed E-state index contributed by atoms with van der Waals surface area (Å²) in [5.74, 6) is -0.108. The fourth-order valence-corrected chi connectivity index (χ4v) is 3.02. The van der Waals surface area contributed by atoms with Gasteiger partial charge in [0, 0.05) is 6.42 Å². The number of morpholine rings is 1. The molecule has 0 aromatic heterocycles. The van der Waals surface area contributed by atoms with Crippen molar-refractivity contribution in [1.82, 2.24) is 0 Å². The predicted molar refractivity (Wildman–Crippen MR) is 86.6 cm³/mol. The molecule has 0 spiro atoms. The van der Waals surface area contributed by atoms with Crippen molar-refractivity contribution in [3.05, 3.63) is 0 Å². The number of rotatable bonds is 11. The van der Waals surface area contributed by atoms with Crippen LogP contribution >= 0.6 is 0 Å². The zero-order valence-corrected chi connectivity index (χ0v) is 16.9. The highest BCUT2D eigenvalue weighted by Gasteiger charge is 2.27. The minimum absolute atomic E-state index is 0. The fraction of sp³-hybridized carbons (Fsp3) is 0.941. The average molecular weight is 443 g/mol. The first-order valence-electron chi connectivity index (χ1n) is 8.72. The van der Waals surface area contributed by atoms with Gasteiger partial charge in [-0.3, -0.25) is 4.79 Å². The van der Waals surface area contributed by atoms with E-state index in [1.807, 2.05) is 0 Å². The van der Waals surface area contributed by atoms with Crippen molar-refractivity contribution in [2.45, 2.75) is 57.5 Å². The zero-order chi connectivity index (χ0) is 16.3. The number of nitrogens with zero attached hydrogens (tertiary/aromatic N) is 1. The fourth-order valence-electron chi connectivity index (χ4n) is 3.02. The Morgan fingerprint density at radius 1 is 1.13 bits per heavy atom. The lowest BCUT2D eigenvalue weighted by Gasteiger charge is -2.38. The Kier molecular flexibility index (Phi) is 13.4. The van der Waals surface area contributed by atoms with Crippen LogP contribution in [0, 0.1) is 0 Å². The first-order valence-corrected chi connectivity index (χ1v) is 8.72. The number of unbranched alkanes of at least 4 members (excludes halogenated alkanes) is 5. The summed E-state index contributed by atoms with van der Waals surface area (Å²) in [5, 5.41) is 10.2. The molecule has 0 saturated carbocycles. The topological polar surface area (TPSA) is 55.8 Å². The third-order valence-electron chi connectivity index (χ3n) is 4.60. The number of methoxy groups -OCH3 is 1. The Labute approximate surface area is 158 Å². The number of aliphatic hydroxyl groups is 1. The summed E-state index contributed by atoms with van der Waals surface area (Å²) in [5.41, 5.74) is 0. The molecule has 0 aliphatic carbocycles. The van der Waals surface area contributed by atoms with Crippen LogP contribution < -0.4 is 24.0 Å². The molecule has 1 atom stereocenters. The van der Waals surface area contributed by atoms with Crippen molar-refractivity contribution < 1.29 is 47.8 Å². The van der Waals surface area contributed by atoms with Crippen LogP contribution in [0.1, 0.15) is 51.4 Å². The van der Waals surface area contributed by atoms with Gasteiger partial charge in [0.15, 0.2) is 0 Å². The minimum Gasteiger partial charge on any atom is -1.00 e. The molecule has 0 radical (unpaired) electrons. The van der Waals surface area contributed by atoms with Gasteiger partial charge in [-0.15, -0.1) is 0 Å². The molecule has 1 saturated heterocycles. The molecular weight excluding hydrogens is 409 g/mol. The summed E-state index contributed by atoms with van der Waals surface area (Å²) in [6.07, 6.45) is 7.87. The van der Waals surface area contributed by atoms with Gasteiger partial charge < -0.3 is 43.0 Å². The lowest BCUT2D eigenvalue weighted by molar-refractivity contribution is -0.919. The monoisotopic (exact) mass is 443 g/mol. The SMILES string of the molecule is COC(=O)CCCCCCCCC(O)C[N+]1(C)CCOCC1.[I-]. The molecule has 0 aromatic rings. The highest BCUT2D eigenvalue weighted by atomic mass is 127. The zero-order valence-electron chi connectivity index (χ0n) is 14.8. The van der Waals surface area contributed by atoms with E-state index in [2.05, 4.69) is 11.8 Å². The van der Waals surface area contributed by atoms with Gasteiger partial charge in [0.2, 0.25) is 0 Å². The third kappa shape index (κ3) is 11.3. The Bertz CT molecular complexity index is 309. The quantitative estimate of drug-likeness (QED) is 0.195. The minimum atomic E-state index is -0.192. The number of hydrogen-bond donors (Lipinski definition) is 1. The van der Waals surface area contributed by atoms with Gasteiger partial charge in [0.25, 0.3) is 0 Å². The van der Waals surface area contributed by atoms with Crippen LogP contribution in [-0.2, 0) is 14.3 Å². The van der Waals surface area contributed by atoms with Crippen LogP contribution in [0.2, 0.25) is 0 Å². The highest BCUT2D eigenvalue weighted by molar-refractivity contribution is 5.68. The summed E-state index contributed by atoms with van der Waals surface area (Å²) < 4.78 is 10.9.